The van der Waals surface area contributed by atoms with E-state index in [1.165, 1.54) is 111 Å². The predicted octanol–water partition coefficient (Wildman–Crippen LogP) is 17.1. The molecule has 4 aliphatic heterocycles. The van der Waals surface area contributed by atoms with E-state index >= 15 is 0 Å². The Morgan fingerprint density at radius 1 is 0.330 bits per heavy atom. The van der Waals surface area contributed by atoms with Crippen molar-refractivity contribution in [2.24, 2.45) is 35.5 Å². The summed E-state index contributed by atoms with van der Waals surface area (Å²) in [5.41, 5.74) is 35.3. The van der Waals surface area contributed by atoms with Gasteiger partial charge in [-0.05, 0) is 285 Å². The highest BCUT2D eigenvalue weighted by Gasteiger charge is 2.49. The van der Waals surface area contributed by atoms with Crippen LogP contribution >= 0.6 is 0 Å². The molecule has 2 N–H and O–H groups in total. The van der Waals surface area contributed by atoms with Gasteiger partial charge < -0.3 is 29.2 Å². The van der Waals surface area contributed by atoms with Crippen LogP contribution in [0.5, 0.6) is 11.5 Å². The van der Waals surface area contributed by atoms with E-state index < -0.39 is 0 Å². The van der Waals surface area contributed by atoms with Gasteiger partial charge in [0.25, 0.3) is 0 Å². The monoisotopic (exact) mass is 1300 g/mol. The van der Waals surface area contributed by atoms with Crippen molar-refractivity contribution in [1.82, 2.24) is 0 Å². The lowest BCUT2D eigenvalue weighted by atomic mass is 9.67. The van der Waals surface area contributed by atoms with Crippen LogP contribution in [-0.4, -0.2) is 60.5 Å². The molecule has 4 fully saturated rings. The average Bonchev–Trinajstić information content (AvgIpc) is 1.75. The maximum atomic E-state index is 12.5. The number of aromatic hydroxyl groups is 2. The molecular weight excluding hydrogens is 1200 g/mol. The summed E-state index contributed by atoms with van der Waals surface area (Å²) < 4.78 is 21.6. The fourth-order valence-corrected chi connectivity index (χ4v) is 16.3. The third kappa shape index (κ3) is 12.5. The van der Waals surface area contributed by atoms with Crippen LogP contribution in [0.25, 0.3) is 11.1 Å². The van der Waals surface area contributed by atoms with E-state index in [0.29, 0.717) is 38.1 Å². The summed E-state index contributed by atoms with van der Waals surface area (Å²) in [7, 11) is 0. The molecule has 8 unspecified atom stereocenters. The molecule has 4 saturated heterocycles. The number of hydrogen-bond acceptors (Lipinski definition) is 10. The summed E-state index contributed by atoms with van der Waals surface area (Å²) in [6.07, 6.45) is 3.60. The number of carbonyl (C=O) groups excluding carboxylic acids is 4. The first-order valence-corrected chi connectivity index (χ1v) is 34.1. The molecule has 0 radical (unpaired) electrons. The van der Waals surface area contributed by atoms with Gasteiger partial charge in [-0.2, -0.15) is 0 Å². The molecule has 16 rings (SSSR count). The quantitative estimate of drug-likeness (QED) is 0.129. The molecule has 97 heavy (non-hydrogen) atoms. The highest BCUT2D eigenvalue weighted by Crippen LogP contribution is 2.51. The zero-order valence-electron chi connectivity index (χ0n) is 58.0. The third-order valence-electron chi connectivity index (χ3n) is 22.6. The van der Waals surface area contributed by atoms with Crippen LogP contribution in [0.15, 0.2) is 132 Å². The van der Waals surface area contributed by atoms with Crippen molar-refractivity contribution in [3.8, 4) is 11.5 Å². The molecule has 8 aromatic carbocycles. The maximum Gasteiger partial charge on any atom is 0.335 e. The largest absolute Gasteiger partial charge is 0.508 e. The molecule has 8 atom stereocenters. The normalized spacial score (nSPS) is 21.9. The van der Waals surface area contributed by atoms with Crippen LogP contribution in [0.4, 0.5) is 0 Å². The second-order valence-electron chi connectivity index (χ2n) is 28.9. The van der Waals surface area contributed by atoms with E-state index in [9.17, 15) is 29.4 Å². The fraction of sp³-hybridized carbons (Fsp3) is 0.356. The maximum absolute atomic E-state index is 12.5. The molecule has 0 spiro atoms. The van der Waals surface area contributed by atoms with Crippen molar-refractivity contribution in [1.29, 1.82) is 0 Å². The lowest BCUT2D eigenvalue weighted by Gasteiger charge is -2.34. The Kier molecular flexibility index (Phi) is 18.6. The van der Waals surface area contributed by atoms with Crippen LogP contribution in [0.3, 0.4) is 0 Å². The number of fused-ring (bicyclic) bond motifs is 8. The first kappa shape index (κ1) is 67.7. The van der Waals surface area contributed by atoms with Crippen LogP contribution in [0.1, 0.15) is 164 Å². The highest BCUT2D eigenvalue weighted by atomic mass is 16.6. The second kappa shape index (κ2) is 26.6. The number of hydrogen-bond donors (Lipinski definition) is 2. The van der Waals surface area contributed by atoms with E-state index in [0.717, 1.165) is 81.4 Å². The van der Waals surface area contributed by atoms with E-state index in [1.54, 1.807) is 12.1 Å². The van der Waals surface area contributed by atoms with Crippen LogP contribution in [0, 0.1) is 132 Å². The van der Waals surface area contributed by atoms with Gasteiger partial charge in [-0.15, -0.1) is 0 Å². The molecule has 10 heteroatoms. The molecule has 8 aromatic rings. The van der Waals surface area contributed by atoms with Gasteiger partial charge in [0.2, 0.25) is 0 Å². The van der Waals surface area contributed by atoms with Gasteiger partial charge in [-0.3, -0.25) is 9.59 Å². The van der Waals surface area contributed by atoms with Crippen LogP contribution < -0.4 is 0 Å². The number of phenolic OH excluding ortho intramolecular Hbond substituents is 2. The molecule has 8 aliphatic rings. The summed E-state index contributed by atoms with van der Waals surface area (Å²) in [6.45, 7) is 31.4. The highest BCUT2D eigenvalue weighted by molar-refractivity contribution is 6.06. The SMILES string of the molecule is C.Cc1cc2c(cc1C)C(c1ccc(O)c(C)c1)=C1C(=O)OCC1C2.Cc1cc2c(cc1C)C(c1ccc(O)c(C)c1)C1C(=O)OCC1C2.Cc1ccc(C2=C3C(=O)OCC3Cc3cc(C)c(C)cc32)cc1C.Cc1ccc(C2c3cc(C)c(C)cc3CC3COC(=O)C32)cc1C. The predicted molar refractivity (Wildman–Crippen MR) is 383 cm³/mol. The van der Waals surface area contributed by atoms with Gasteiger partial charge in [-0.25, -0.2) is 9.59 Å². The standard InChI is InChI=1S/C22H24O2.C22H22O2.C21H22O3.C21H20O3.CH4/c2*1-12-5-6-16(7-13(12)2)20-19-9-15(4)14(3)8-17(19)10-18-11-24-22(23)21(18)20;2*1-11-6-15-9-16-10-24-21(23)20(16)19(17(15)8-12(11)2)14-4-5-18(22)13(3)7-14;/h5-9,18,20-21H,10-11H2,1-4H3;5-9,18H,10-11H2,1-4H3;4-8,16,19-20,22H,9-10H2,1-3H3;4-8,16,22H,9-10H2,1-3H3;1H4. The van der Waals surface area contributed by atoms with E-state index in [2.05, 4.69) is 168 Å². The third-order valence-corrected chi connectivity index (χ3v) is 22.6. The smallest absolute Gasteiger partial charge is 0.335 e. The summed E-state index contributed by atoms with van der Waals surface area (Å²) in [6, 6.07) is 42.4. The van der Waals surface area contributed by atoms with Gasteiger partial charge in [0.1, 0.15) is 11.5 Å². The fourth-order valence-electron chi connectivity index (χ4n) is 16.3. The number of rotatable bonds is 4. The minimum Gasteiger partial charge on any atom is -0.508 e. The van der Waals surface area contributed by atoms with Crippen molar-refractivity contribution in [2.45, 2.75) is 142 Å². The van der Waals surface area contributed by atoms with Crippen LogP contribution in [-0.2, 0) is 63.8 Å². The summed E-state index contributed by atoms with van der Waals surface area (Å²) in [4.78, 5) is 49.7. The van der Waals surface area contributed by atoms with E-state index in [-0.39, 0.29) is 78.5 Å². The Labute approximate surface area is 572 Å². The summed E-state index contributed by atoms with van der Waals surface area (Å²) in [5.74, 6) is 0.926. The molecule has 4 heterocycles. The van der Waals surface area contributed by atoms with Crippen molar-refractivity contribution >= 4 is 35.0 Å². The Morgan fingerprint density at radius 2 is 0.670 bits per heavy atom. The van der Waals surface area contributed by atoms with Crippen molar-refractivity contribution in [2.75, 3.05) is 26.4 Å². The van der Waals surface area contributed by atoms with Crippen molar-refractivity contribution in [3.05, 3.63) is 277 Å². The summed E-state index contributed by atoms with van der Waals surface area (Å²) >= 11 is 0. The molecular formula is C87H92O10. The van der Waals surface area contributed by atoms with Crippen molar-refractivity contribution in [3.63, 3.8) is 0 Å². The van der Waals surface area contributed by atoms with Gasteiger partial charge in [0.15, 0.2) is 0 Å². The first-order valence-electron chi connectivity index (χ1n) is 34.1. The number of phenols is 2. The first-order chi connectivity index (χ1) is 45.8. The molecule has 500 valence electrons. The van der Waals surface area contributed by atoms with Gasteiger partial charge >= 0.3 is 23.9 Å². The Balaban J connectivity index is 0.000000123. The number of esters is 4. The van der Waals surface area contributed by atoms with Gasteiger partial charge in [0.05, 0.1) is 49.4 Å². The average molecular weight is 1300 g/mol. The summed E-state index contributed by atoms with van der Waals surface area (Å²) in [5, 5.41) is 19.7. The molecule has 4 aliphatic carbocycles. The number of ether oxygens (including phenoxy) is 4. The molecule has 0 saturated carbocycles. The minimum atomic E-state index is -0.204. The number of aryl methyl sites for hydroxylation is 14. The second-order valence-corrected chi connectivity index (χ2v) is 28.9. The Hall–Kier alpha value is -9.28. The number of carbonyl (C=O) groups is 4. The van der Waals surface area contributed by atoms with Crippen LogP contribution in [0.2, 0.25) is 0 Å². The molecule has 0 aromatic heterocycles. The Morgan fingerprint density at radius 3 is 1.09 bits per heavy atom. The number of cyclic esters (lactones) is 4. The molecule has 0 bridgehead atoms. The van der Waals surface area contributed by atoms with E-state index in [1.807, 2.05) is 38.1 Å². The topological polar surface area (TPSA) is 146 Å². The molecule has 10 nitrogen and oxygen atoms in total. The lowest BCUT2D eigenvalue weighted by molar-refractivity contribution is -0.142. The van der Waals surface area contributed by atoms with Gasteiger partial charge in [-0.1, -0.05) is 111 Å². The number of benzene rings is 8. The van der Waals surface area contributed by atoms with Crippen molar-refractivity contribution < 1.29 is 48.3 Å². The zero-order chi connectivity index (χ0) is 68.0. The minimum absolute atomic E-state index is 0. The zero-order valence-corrected chi connectivity index (χ0v) is 58.0. The van der Waals surface area contributed by atoms with E-state index in [4.69, 9.17) is 18.9 Å². The Bertz CT molecular complexity index is 4360. The van der Waals surface area contributed by atoms with Gasteiger partial charge in [0, 0.05) is 46.7 Å². The molecule has 0 amide bonds. The lowest BCUT2D eigenvalue weighted by Crippen LogP contribution is -2.31.